The average molecular weight is 180 g/mol. The second-order valence-corrected chi connectivity index (χ2v) is 2.48. The van der Waals surface area contributed by atoms with Crippen LogP contribution < -0.4 is 0 Å². The highest BCUT2D eigenvalue weighted by molar-refractivity contribution is 5.72. The van der Waals surface area contributed by atoms with E-state index in [4.69, 9.17) is 0 Å². The van der Waals surface area contributed by atoms with Crippen LogP contribution in [0.25, 0.3) is 0 Å². The van der Waals surface area contributed by atoms with Gasteiger partial charge in [-0.15, -0.1) is 0 Å². The van der Waals surface area contributed by atoms with Crippen LogP contribution in [0.4, 0.5) is 8.78 Å². The van der Waals surface area contributed by atoms with Gasteiger partial charge in [-0.1, -0.05) is 13.3 Å². The maximum atomic E-state index is 12.2. The highest BCUT2D eigenvalue weighted by Gasteiger charge is 2.28. The molecule has 4 heteroatoms. The van der Waals surface area contributed by atoms with Gasteiger partial charge in [0, 0.05) is 0 Å². The summed E-state index contributed by atoms with van der Waals surface area (Å²) in [6.45, 7) is 3.52. The first kappa shape index (κ1) is 11.3. The molecule has 0 amide bonds. The largest absolute Gasteiger partial charge is 0.466 e. The Labute approximate surface area is 70.9 Å². The van der Waals surface area contributed by atoms with Crippen molar-refractivity contribution in [2.24, 2.45) is 5.92 Å². The molecule has 0 saturated heterocycles. The van der Waals surface area contributed by atoms with Crippen LogP contribution in [0.15, 0.2) is 0 Å². The summed E-state index contributed by atoms with van der Waals surface area (Å²) in [7, 11) is 0. The molecule has 2 nitrogen and oxygen atoms in total. The molecule has 0 aliphatic carbocycles. The minimum Gasteiger partial charge on any atom is -0.466 e. The molecule has 0 aromatic heterocycles. The number of hydrogen-bond donors (Lipinski definition) is 0. The Kier molecular flexibility index (Phi) is 5.58. The smallest absolute Gasteiger partial charge is 0.314 e. The number of carbonyl (C=O) groups excluding carboxylic acids is 1. The highest BCUT2D eigenvalue weighted by Crippen LogP contribution is 2.17. The Morgan fingerprint density at radius 3 is 2.33 bits per heavy atom. The molecule has 0 aliphatic rings. The van der Waals surface area contributed by atoms with Gasteiger partial charge < -0.3 is 4.74 Å². The summed E-state index contributed by atoms with van der Waals surface area (Å²) in [4.78, 5) is 10.9. The second-order valence-electron chi connectivity index (χ2n) is 2.48. The lowest BCUT2D eigenvalue weighted by Crippen LogP contribution is -2.24. The predicted octanol–water partition coefficient (Wildman–Crippen LogP) is 2.23. The van der Waals surface area contributed by atoms with Crippen LogP contribution in [0.5, 0.6) is 0 Å². The van der Waals surface area contributed by atoms with E-state index in [0.29, 0.717) is 6.42 Å². The fourth-order valence-electron chi connectivity index (χ4n) is 0.907. The molecule has 1 atom stereocenters. The lowest BCUT2D eigenvalue weighted by Gasteiger charge is -2.12. The standard InChI is InChI=1S/C8H14F2O2/c1-3-5-6(7(9)10)8(11)12-4-2/h6-7H,3-5H2,1-2H3. The number of halogens is 2. The molecule has 0 bridgehead atoms. The summed E-state index contributed by atoms with van der Waals surface area (Å²) in [5, 5.41) is 0. The number of alkyl halides is 2. The second kappa shape index (κ2) is 5.91. The van der Waals surface area contributed by atoms with Crippen LogP contribution in [0.1, 0.15) is 26.7 Å². The van der Waals surface area contributed by atoms with Crippen molar-refractivity contribution in [2.45, 2.75) is 33.1 Å². The normalized spacial score (nSPS) is 13.1. The van der Waals surface area contributed by atoms with Crippen molar-refractivity contribution in [3.8, 4) is 0 Å². The van der Waals surface area contributed by atoms with Crippen LogP contribution in [-0.4, -0.2) is 19.0 Å². The van der Waals surface area contributed by atoms with Crippen LogP contribution in [0.2, 0.25) is 0 Å². The Morgan fingerprint density at radius 2 is 2.00 bits per heavy atom. The van der Waals surface area contributed by atoms with Crippen molar-refractivity contribution in [2.75, 3.05) is 6.61 Å². The van der Waals surface area contributed by atoms with Crippen LogP contribution in [0.3, 0.4) is 0 Å². The van der Waals surface area contributed by atoms with Gasteiger partial charge >= 0.3 is 5.97 Å². The van der Waals surface area contributed by atoms with Crippen LogP contribution in [-0.2, 0) is 9.53 Å². The van der Waals surface area contributed by atoms with Crippen LogP contribution >= 0.6 is 0 Å². The zero-order valence-electron chi connectivity index (χ0n) is 7.35. The van der Waals surface area contributed by atoms with Crippen LogP contribution in [0, 0.1) is 5.92 Å². The maximum Gasteiger partial charge on any atom is 0.314 e. The van der Waals surface area contributed by atoms with E-state index in [0.717, 1.165) is 0 Å². The van der Waals surface area contributed by atoms with E-state index in [-0.39, 0.29) is 13.0 Å². The Bertz CT molecular complexity index is 137. The van der Waals surface area contributed by atoms with E-state index in [1.54, 1.807) is 13.8 Å². The van der Waals surface area contributed by atoms with E-state index in [2.05, 4.69) is 4.74 Å². The SMILES string of the molecule is CCCC(C(=O)OCC)C(F)F. The lowest BCUT2D eigenvalue weighted by molar-refractivity contribution is -0.153. The van der Waals surface area contributed by atoms with Gasteiger partial charge in [0.15, 0.2) is 0 Å². The van der Waals surface area contributed by atoms with Crippen molar-refractivity contribution in [1.82, 2.24) is 0 Å². The Balaban J connectivity index is 4.00. The van der Waals surface area contributed by atoms with E-state index in [1.807, 2.05) is 0 Å². The molecule has 0 heterocycles. The summed E-state index contributed by atoms with van der Waals surface area (Å²) in [6, 6.07) is 0. The molecule has 0 saturated carbocycles. The molecule has 12 heavy (non-hydrogen) atoms. The van der Waals surface area contributed by atoms with Crippen molar-refractivity contribution >= 4 is 5.97 Å². The number of carbonyl (C=O) groups is 1. The van der Waals surface area contributed by atoms with E-state index < -0.39 is 18.3 Å². The summed E-state index contributed by atoms with van der Waals surface area (Å²) >= 11 is 0. The third kappa shape index (κ3) is 3.64. The molecule has 0 rings (SSSR count). The fourth-order valence-corrected chi connectivity index (χ4v) is 0.907. The minimum atomic E-state index is -2.61. The third-order valence-electron chi connectivity index (χ3n) is 1.49. The van der Waals surface area contributed by atoms with Gasteiger partial charge in [0.25, 0.3) is 6.43 Å². The molecular weight excluding hydrogens is 166 g/mol. The monoisotopic (exact) mass is 180 g/mol. The topological polar surface area (TPSA) is 26.3 Å². The molecule has 0 spiro atoms. The van der Waals surface area contributed by atoms with E-state index in [1.165, 1.54) is 0 Å². The maximum absolute atomic E-state index is 12.2. The van der Waals surface area contributed by atoms with E-state index in [9.17, 15) is 13.6 Å². The zero-order valence-corrected chi connectivity index (χ0v) is 7.35. The Hall–Kier alpha value is -0.670. The molecule has 1 unspecified atom stereocenters. The van der Waals surface area contributed by atoms with Crippen molar-refractivity contribution < 1.29 is 18.3 Å². The minimum absolute atomic E-state index is 0.158. The van der Waals surface area contributed by atoms with Gasteiger partial charge in [-0.05, 0) is 13.3 Å². The van der Waals surface area contributed by atoms with Gasteiger partial charge in [-0.2, -0.15) is 0 Å². The molecular formula is C8H14F2O2. The first-order valence-electron chi connectivity index (χ1n) is 4.08. The van der Waals surface area contributed by atoms with Gasteiger partial charge in [0.05, 0.1) is 6.61 Å². The average Bonchev–Trinajstić information content (AvgIpc) is 1.99. The van der Waals surface area contributed by atoms with Crippen molar-refractivity contribution in [1.29, 1.82) is 0 Å². The summed E-state index contributed by atoms with van der Waals surface area (Å²) in [5.74, 6) is -2.02. The molecule has 72 valence electrons. The lowest BCUT2D eigenvalue weighted by atomic mass is 10.1. The van der Waals surface area contributed by atoms with Gasteiger partial charge in [-0.25, -0.2) is 8.78 Å². The molecule has 0 aliphatic heterocycles. The summed E-state index contributed by atoms with van der Waals surface area (Å²) in [6.07, 6.45) is -1.85. The predicted molar refractivity (Wildman–Crippen MR) is 41.0 cm³/mol. The van der Waals surface area contributed by atoms with E-state index >= 15 is 0 Å². The Morgan fingerprint density at radius 1 is 1.42 bits per heavy atom. The summed E-state index contributed by atoms with van der Waals surface area (Å²) in [5.41, 5.74) is 0. The fraction of sp³-hybridized carbons (Fsp3) is 0.875. The number of esters is 1. The quantitative estimate of drug-likeness (QED) is 0.606. The molecule has 0 N–H and O–H groups in total. The van der Waals surface area contributed by atoms with Gasteiger partial charge in [0.1, 0.15) is 5.92 Å². The highest BCUT2D eigenvalue weighted by atomic mass is 19.3. The van der Waals surface area contributed by atoms with Gasteiger partial charge in [0.2, 0.25) is 0 Å². The van der Waals surface area contributed by atoms with Gasteiger partial charge in [-0.3, -0.25) is 4.79 Å². The molecule has 0 fully saturated rings. The molecule has 0 aromatic carbocycles. The molecule has 0 radical (unpaired) electrons. The zero-order chi connectivity index (χ0) is 9.56. The third-order valence-corrected chi connectivity index (χ3v) is 1.49. The first-order chi connectivity index (χ1) is 5.63. The first-order valence-corrected chi connectivity index (χ1v) is 4.08. The van der Waals surface area contributed by atoms with Crippen molar-refractivity contribution in [3.05, 3.63) is 0 Å². The molecule has 0 aromatic rings. The number of ether oxygens (including phenoxy) is 1. The number of hydrogen-bond acceptors (Lipinski definition) is 2. The summed E-state index contributed by atoms with van der Waals surface area (Å²) < 4.78 is 28.8. The number of rotatable bonds is 5. The van der Waals surface area contributed by atoms with Crippen molar-refractivity contribution in [3.63, 3.8) is 0 Å².